The molecule has 224 valence electrons. The first-order valence-corrected chi connectivity index (χ1v) is 14.9. The number of anilines is 2. The minimum atomic E-state index is -0.680. The van der Waals surface area contributed by atoms with Gasteiger partial charge in [-0.05, 0) is 51.8 Å². The Morgan fingerprint density at radius 2 is 1.76 bits per heavy atom. The maximum absolute atomic E-state index is 14.9. The molecule has 3 aliphatic heterocycles. The second-order valence-corrected chi connectivity index (χ2v) is 12.8. The maximum atomic E-state index is 14.9. The average molecular weight is 620 g/mol. The highest BCUT2D eigenvalue weighted by atomic mass is 35.5. The lowest BCUT2D eigenvalue weighted by atomic mass is 10.00. The molecule has 1 N–H and O–H groups in total. The van der Waals surface area contributed by atoms with Gasteiger partial charge >= 0.3 is 6.09 Å². The van der Waals surface area contributed by atoms with Crippen LogP contribution >= 0.6 is 23.2 Å². The number of carbonyl (C=O) groups is 1. The van der Waals surface area contributed by atoms with Crippen LogP contribution in [0.5, 0.6) is 11.5 Å². The van der Waals surface area contributed by atoms with E-state index in [0.29, 0.717) is 54.3 Å². The number of carbonyl (C=O) groups excluding carboxylic acids is 1. The molecule has 0 radical (unpaired) electrons. The number of piperidine rings is 1. The summed E-state index contributed by atoms with van der Waals surface area (Å²) < 4.78 is 39.1. The van der Waals surface area contributed by atoms with Crippen molar-refractivity contribution in [3.63, 3.8) is 0 Å². The Morgan fingerprint density at radius 3 is 2.45 bits per heavy atom. The van der Waals surface area contributed by atoms with E-state index in [4.69, 9.17) is 42.1 Å². The number of rotatable bonds is 6. The lowest BCUT2D eigenvalue weighted by molar-refractivity contribution is -0.00759. The monoisotopic (exact) mass is 618 g/mol. The van der Waals surface area contributed by atoms with E-state index in [2.05, 4.69) is 15.3 Å². The SMILES string of the molecule is CC(C)(C)OC(=O)N1[C@@H]2CC[C@H]1C[C@H](Oc1cc3c(Nc4ccc(Cl)c(Cl)c4F)ncnc3cc1O[C@H]1CCOC1)C2. The van der Waals surface area contributed by atoms with E-state index < -0.39 is 11.4 Å². The summed E-state index contributed by atoms with van der Waals surface area (Å²) in [6.07, 6.45) is 4.79. The van der Waals surface area contributed by atoms with Gasteiger partial charge in [0.15, 0.2) is 17.3 Å². The zero-order valence-corrected chi connectivity index (χ0v) is 25.2. The van der Waals surface area contributed by atoms with E-state index in [1.165, 1.54) is 18.5 Å². The molecule has 0 spiro atoms. The number of fused-ring (bicyclic) bond motifs is 3. The Morgan fingerprint density at radius 1 is 1.05 bits per heavy atom. The fraction of sp³-hybridized carbons (Fsp3) is 0.500. The summed E-state index contributed by atoms with van der Waals surface area (Å²) in [5, 5.41) is 3.58. The molecule has 42 heavy (non-hydrogen) atoms. The summed E-state index contributed by atoms with van der Waals surface area (Å²) in [4.78, 5) is 23.6. The molecule has 6 rings (SSSR count). The molecule has 0 saturated carbocycles. The highest BCUT2D eigenvalue weighted by molar-refractivity contribution is 6.42. The molecule has 3 aromatic rings. The van der Waals surface area contributed by atoms with E-state index in [1.54, 1.807) is 0 Å². The molecule has 4 atom stereocenters. The molecule has 12 heteroatoms. The minimum absolute atomic E-state index is 0.0369. The largest absolute Gasteiger partial charge is 0.486 e. The average Bonchev–Trinajstić information content (AvgIpc) is 3.54. The number of hydrogen-bond donors (Lipinski definition) is 1. The number of nitrogens with one attached hydrogen (secondary N) is 1. The van der Waals surface area contributed by atoms with E-state index in [9.17, 15) is 9.18 Å². The Labute approximate surface area is 253 Å². The van der Waals surface area contributed by atoms with Gasteiger partial charge < -0.3 is 29.2 Å². The first kappa shape index (κ1) is 29.0. The molecule has 0 aliphatic carbocycles. The van der Waals surface area contributed by atoms with Crippen molar-refractivity contribution in [3.8, 4) is 11.5 Å². The molecule has 2 bridgehead atoms. The normalized spacial score (nSPS) is 23.7. The predicted octanol–water partition coefficient (Wildman–Crippen LogP) is 7.30. The van der Waals surface area contributed by atoms with Gasteiger partial charge in [0.05, 0.1) is 34.5 Å². The number of hydrogen-bond acceptors (Lipinski definition) is 8. The lowest BCUT2D eigenvalue weighted by Crippen LogP contribution is -2.50. The zero-order chi connectivity index (χ0) is 29.6. The summed E-state index contributed by atoms with van der Waals surface area (Å²) in [6, 6.07) is 6.72. The van der Waals surface area contributed by atoms with Gasteiger partial charge in [-0.3, -0.25) is 0 Å². The van der Waals surface area contributed by atoms with E-state index in [0.717, 1.165) is 19.3 Å². The molecule has 1 amide bonds. The molecular weight excluding hydrogens is 586 g/mol. The number of benzene rings is 2. The molecule has 9 nitrogen and oxygen atoms in total. The minimum Gasteiger partial charge on any atom is -0.486 e. The fourth-order valence-electron chi connectivity index (χ4n) is 5.90. The molecule has 2 aromatic carbocycles. The summed E-state index contributed by atoms with van der Waals surface area (Å²) in [6.45, 7) is 6.75. The van der Waals surface area contributed by atoms with Crippen LogP contribution in [-0.2, 0) is 9.47 Å². The van der Waals surface area contributed by atoms with Crippen LogP contribution < -0.4 is 14.8 Å². The van der Waals surface area contributed by atoms with Gasteiger partial charge in [-0.1, -0.05) is 23.2 Å². The van der Waals surface area contributed by atoms with Crippen molar-refractivity contribution in [2.24, 2.45) is 0 Å². The van der Waals surface area contributed by atoms with Crippen LogP contribution in [0.4, 0.5) is 20.7 Å². The van der Waals surface area contributed by atoms with Crippen molar-refractivity contribution in [1.82, 2.24) is 14.9 Å². The zero-order valence-electron chi connectivity index (χ0n) is 23.7. The molecule has 0 unspecified atom stereocenters. The van der Waals surface area contributed by atoms with Crippen molar-refractivity contribution >= 4 is 51.7 Å². The number of amides is 1. The van der Waals surface area contributed by atoms with Gasteiger partial charge in [-0.2, -0.15) is 0 Å². The smallest absolute Gasteiger partial charge is 0.410 e. The Bertz CT molecular complexity index is 1480. The van der Waals surface area contributed by atoms with Crippen LogP contribution in [0, 0.1) is 5.82 Å². The van der Waals surface area contributed by atoms with Crippen molar-refractivity contribution in [1.29, 1.82) is 0 Å². The van der Waals surface area contributed by atoms with Crippen molar-refractivity contribution in [2.45, 2.75) is 82.8 Å². The van der Waals surface area contributed by atoms with Gasteiger partial charge in [0.25, 0.3) is 0 Å². The topological polar surface area (TPSA) is 95.0 Å². The summed E-state index contributed by atoms with van der Waals surface area (Å²) >= 11 is 12.0. The van der Waals surface area contributed by atoms with Crippen molar-refractivity contribution < 1.29 is 28.1 Å². The highest BCUT2D eigenvalue weighted by Crippen LogP contribution is 2.42. The fourth-order valence-corrected chi connectivity index (χ4v) is 6.21. The van der Waals surface area contributed by atoms with Gasteiger partial charge in [0.2, 0.25) is 0 Å². The van der Waals surface area contributed by atoms with Crippen LogP contribution in [0.15, 0.2) is 30.6 Å². The number of aromatic nitrogens is 2. The lowest BCUT2D eigenvalue weighted by Gasteiger charge is -2.39. The molecule has 3 fully saturated rings. The third kappa shape index (κ3) is 6.02. The molecule has 3 saturated heterocycles. The number of ether oxygens (including phenoxy) is 4. The van der Waals surface area contributed by atoms with E-state index in [-0.39, 0.29) is 46.1 Å². The highest BCUT2D eigenvalue weighted by Gasteiger charge is 2.45. The summed E-state index contributed by atoms with van der Waals surface area (Å²) in [5.74, 6) is 0.765. The van der Waals surface area contributed by atoms with Crippen LogP contribution in [-0.4, -0.2) is 64.1 Å². The second-order valence-electron chi connectivity index (χ2n) is 12.0. The van der Waals surface area contributed by atoms with Crippen LogP contribution in [0.3, 0.4) is 0 Å². The standard InChI is InChI=1S/C30H33Cl2FN4O5/c1-30(2,3)42-29(38)37-16-4-5-17(37)11-19(10-16)41-24-12-20-23(13-25(24)40-18-8-9-39-14-18)34-15-35-28(20)36-22-7-6-21(31)26(32)27(22)33/h6-7,12-13,15-19H,4-5,8-11,14H2,1-3H3,(H,34,35,36)/t16-,17+,18-,19-/m0/s1. The van der Waals surface area contributed by atoms with Crippen molar-refractivity contribution in [3.05, 3.63) is 46.5 Å². The Kier molecular flexibility index (Phi) is 7.97. The van der Waals surface area contributed by atoms with Gasteiger partial charge in [0, 0.05) is 42.8 Å². The quantitative estimate of drug-likeness (QED) is 0.288. The first-order chi connectivity index (χ1) is 20.1. The van der Waals surface area contributed by atoms with Gasteiger partial charge in [0.1, 0.15) is 30.0 Å². The van der Waals surface area contributed by atoms with Crippen LogP contribution in [0.2, 0.25) is 10.0 Å². The molecule has 4 heterocycles. The Balaban J connectivity index is 1.30. The van der Waals surface area contributed by atoms with Gasteiger partial charge in [-0.25, -0.2) is 19.2 Å². The maximum Gasteiger partial charge on any atom is 0.410 e. The van der Waals surface area contributed by atoms with Crippen LogP contribution in [0.25, 0.3) is 10.9 Å². The van der Waals surface area contributed by atoms with Crippen LogP contribution in [0.1, 0.15) is 52.9 Å². The third-order valence-corrected chi connectivity index (χ3v) is 8.54. The molecule has 1 aromatic heterocycles. The molecular formula is C30H33Cl2FN4O5. The van der Waals surface area contributed by atoms with Gasteiger partial charge in [-0.15, -0.1) is 0 Å². The number of halogens is 3. The summed E-state index contributed by atoms with van der Waals surface area (Å²) in [5.41, 5.74) is 0.162. The molecule has 3 aliphatic rings. The third-order valence-electron chi connectivity index (χ3n) is 7.76. The van der Waals surface area contributed by atoms with E-state index >= 15 is 0 Å². The second kappa shape index (κ2) is 11.5. The van der Waals surface area contributed by atoms with E-state index in [1.807, 2.05) is 37.8 Å². The van der Waals surface area contributed by atoms with Crippen molar-refractivity contribution in [2.75, 3.05) is 18.5 Å². The summed E-state index contributed by atoms with van der Waals surface area (Å²) in [7, 11) is 0. The number of nitrogens with zero attached hydrogens (tertiary/aromatic N) is 3. The predicted molar refractivity (Wildman–Crippen MR) is 158 cm³/mol. The Hall–Kier alpha value is -3.08. The first-order valence-electron chi connectivity index (χ1n) is 14.2.